The Bertz CT molecular complexity index is 618. The maximum atomic E-state index is 11.0. The molecule has 4 N–H and O–H groups in total. The Balaban J connectivity index is 0.000000153. The quantitative estimate of drug-likeness (QED) is 0.514. The maximum absolute atomic E-state index is 11.0. The number of rotatable bonds is 0. The molecular weight excluding hydrogens is 220 g/mol. The van der Waals surface area contributed by atoms with E-state index in [4.69, 9.17) is 5.73 Å². The molecule has 3 aromatic heterocycles. The second-order valence-electron chi connectivity index (χ2n) is 3.08. The normalized spacial score (nSPS) is 9.65. The van der Waals surface area contributed by atoms with Gasteiger partial charge in [-0.15, -0.1) is 0 Å². The Morgan fingerprint density at radius 3 is 2.53 bits per heavy atom. The van der Waals surface area contributed by atoms with Crippen molar-refractivity contribution in [1.29, 1.82) is 0 Å². The van der Waals surface area contributed by atoms with Crippen molar-refractivity contribution in [3.63, 3.8) is 0 Å². The van der Waals surface area contributed by atoms with Crippen molar-refractivity contribution in [1.82, 2.24) is 24.9 Å². The largest absolute Gasteiger partial charge is 0.369 e. The molecule has 0 aromatic carbocycles. The number of nitrogens with one attached hydrogen (secondary N) is 2. The number of nitrogens with zero attached hydrogens (tertiary/aromatic N) is 3. The van der Waals surface area contributed by atoms with Crippen LogP contribution in [-0.2, 0) is 0 Å². The first-order valence-corrected chi connectivity index (χ1v) is 4.81. The molecule has 0 atom stereocenters. The van der Waals surface area contributed by atoms with E-state index in [9.17, 15) is 4.79 Å². The van der Waals surface area contributed by atoms with Crippen molar-refractivity contribution in [3.8, 4) is 0 Å². The van der Waals surface area contributed by atoms with Crippen molar-refractivity contribution < 1.29 is 0 Å². The molecule has 0 amide bonds. The molecule has 0 saturated heterocycles. The standard InChI is InChI=1S/C5H5N5O.C5H5N/c6-5-9-3-2(4(11)10-5)7-1-8-3;1-2-4-6-5-3-1/h1H,(H4,6,7,8,9,10,11);1-5H. The summed E-state index contributed by atoms with van der Waals surface area (Å²) in [5.41, 5.74) is 5.65. The number of nitrogens with two attached hydrogens (primary N) is 1. The average Bonchev–Trinajstić information content (AvgIpc) is 2.80. The van der Waals surface area contributed by atoms with Gasteiger partial charge in [-0.3, -0.25) is 14.8 Å². The van der Waals surface area contributed by atoms with Gasteiger partial charge in [-0.25, -0.2) is 4.98 Å². The minimum absolute atomic E-state index is 0.0783. The van der Waals surface area contributed by atoms with Crippen LogP contribution in [0.2, 0.25) is 0 Å². The predicted molar refractivity (Wildman–Crippen MR) is 63.2 cm³/mol. The van der Waals surface area contributed by atoms with Gasteiger partial charge in [-0.2, -0.15) is 4.98 Å². The minimum atomic E-state index is -0.301. The molecule has 0 aliphatic rings. The molecule has 0 spiro atoms. The number of nitrogen functional groups attached to an aromatic ring is 1. The SMILES string of the molecule is Nc1nc2nc[nH]c2c(=O)[nH]1.c1ccncc1. The molecule has 7 heteroatoms. The summed E-state index contributed by atoms with van der Waals surface area (Å²) in [5, 5.41) is 0. The fraction of sp³-hybridized carbons (Fsp3) is 0. The molecule has 86 valence electrons. The molecule has 0 aliphatic heterocycles. The second kappa shape index (κ2) is 4.88. The first kappa shape index (κ1) is 10.8. The zero-order chi connectivity index (χ0) is 12.1. The molecular formula is C10H10N6O. The summed E-state index contributed by atoms with van der Waals surface area (Å²) in [5.74, 6) is 0.0783. The summed E-state index contributed by atoms with van der Waals surface area (Å²) in [6, 6.07) is 5.72. The third-order valence-corrected chi connectivity index (χ3v) is 1.88. The lowest BCUT2D eigenvalue weighted by Crippen LogP contribution is -2.10. The van der Waals surface area contributed by atoms with Crippen LogP contribution in [-0.4, -0.2) is 24.9 Å². The Morgan fingerprint density at radius 1 is 1.18 bits per heavy atom. The van der Waals surface area contributed by atoms with E-state index in [1.807, 2.05) is 18.2 Å². The van der Waals surface area contributed by atoms with E-state index in [0.717, 1.165) is 0 Å². The van der Waals surface area contributed by atoms with Crippen LogP contribution >= 0.6 is 0 Å². The van der Waals surface area contributed by atoms with E-state index in [-0.39, 0.29) is 11.5 Å². The van der Waals surface area contributed by atoms with Crippen molar-refractivity contribution in [2.75, 3.05) is 5.73 Å². The Kier molecular flexibility index (Phi) is 3.10. The Morgan fingerprint density at radius 2 is 1.94 bits per heavy atom. The van der Waals surface area contributed by atoms with Crippen molar-refractivity contribution in [2.45, 2.75) is 0 Å². The number of pyridine rings is 1. The van der Waals surface area contributed by atoms with Crippen LogP contribution in [0.3, 0.4) is 0 Å². The lowest BCUT2D eigenvalue weighted by Gasteiger charge is -1.89. The fourth-order valence-corrected chi connectivity index (χ4v) is 1.17. The molecule has 0 aliphatic carbocycles. The van der Waals surface area contributed by atoms with Crippen LogP contribution in [0.4, 0.5) is 5.95 Å². The van der Waals surface area contributed by atoms with Gasteiger partial charge < -0.3 is 10.7 Å². The monoisotopic (exact) mass is 230 g/mol. The zero-order valence-corrected chi connectivity index (χ0v) is 8.79. The van der Waals surface area contributed by atoms with Crippen molar-refractivity contribution >= 4 is 17.1 Å². The second-order valence-corrected chi connectivity index (χ2v) is 3.08. The van der Waals surface area contributed by atoms with Gasteiger partial charge in [0.25, 0.3) is 5.56 Å². The van der Waals surface area contributed by atoms with Crippen LogP contribution < -0.4 is 11.3 Å². The number of aromatic nitrogens is 5. The maximum Gasteiger partial charge on any atom is 0.278 e. The van der Waals surface area contributed by atoms with Gasteiger partial charge in [0.1, 0.15) is 0 Å². The van der Waals surface area contributed by atoms with Gasteiger partial charge in [0.2, 0.25) is 5.95 Å². The highest BCUT2D eigenvalue weighted by Gasteiger charge is 2.01. The molecule has 3 rings (SSSR count). The average molecular weight is 230 g/mol. The van der Waals surface area contributed by atoms with Crippen LogP contribution in [0.25, 0.3) is 11.2 Å². The number of fused-ring (bicyclic) bond motifs is 1. The first-order valence-electron chi connectivity index (χ1n) is 4.81. The Labute approximate surface area is 95.8 Å². The zero-order valence-electron chi connectivity index (χ0n) is 8.79. The third kappa shape index (κ3) is 2.65. The molecule has 0 fully saturated rings. The van der Waals surface area contributed by atoms with Crippen LogP contribution in [0, 0.1) is 0 Å². The fourth-order valence-electron chi connectivity index (χ4n) is 1.17. The number of H-pyrrole nitrogens is 2. The highest BCUT2D eigenvalue weighted by molar-refractivity contribution is 5.69. The molecule has 0 saturated carbocycles. The first-order chi connectivity index (χ1) is 8.27. The van der Waals surface area contributed by atoms with Crippen LogP contribution in [0.15, 0.2) is 41.7 Å². The molecule has 0 unspecified atom stereocenters. The molecule has 0 bridgehead atoms. The highest BCUT2D eigenvalue weighted by atomic mass is 16.1. The van der Waals surface area contributed by atoms with E-state index in [0.29, 0.717) is 11.2 Å². The van der Waals surface area contributed by atoms with E-state index in [1.54, 1.807) is 12.4 Å². The predicted octanol–water partition coefficient (Wildman–Crippen LogP) is 0.310. The summed E-state index contributed by atoms with van der Waals surface area (Å²) in [4.78, 5) is 27.3. The van der Waals surface area contributed by atoms with Crippen LogP contribution in [0.1, 0.15) is 0 Å². The van der Waals surface area contributed by atoms with E-state index in [1.165, 1.54) is 6.33 Å². The minimum Gasteiger partial charge on any atom is -0.369 e. The number of imidazole rings is 1. The molecule has 17 heavy (non-hydrogen) atoms. The van der Waals surface area contributed by atoms with Crippen molar-refractivity contribution in [2.24, 2.45) is 0 Å². The van der Waals surface area contributed by atoms with Crippen LogP contribution in [0.5, 0.6) is 0 Å². The summed E-state index contributed by atoms with van der Waals surface area (Å²) in [6.07, 6.45) is 4.90. The number of aromatic amines is 2. The lowest BCUT2D eigenvalue weighted by atomic mass is 10.5. The molecule has 0 radical (unpaired) electrons. The van der Waals surface area contributed by atoms with Crippen molar-refractivity contribution in [3.05, 3.63) is 47.3 Å². The molecule has 3 aromatic rings. The van der Waals surface area contributed by atoms with E-state index < -0.39 is 0 Å². The molecule has 7 nitrogen and oxygen atoms in total. The third-order valence-electron chi connectivity index (χ3n) is 1.88. The van der Waals surface area contributed by atoms with Gasteiger partial charge in [0, 0.05) is 12.4 Å². The summed E-state index contributed by atoms with van der Waals surface area (Å²) >= 11 is 0. The number of anilines is 1. The highest BCUT2D eigenvalue weighted by Crippen LogP contribution is 1.98. The van der Waals surface area contributed by atoms with Gasteiger partial charge in [0.05, 0.1) is 6.33 Å². The van der Waals surface area contributed by atoms with E-state index >= 15 is 0 Å². The summed E-state index contributed by atoms with van der Waals surface area (Å²) < 4.78 is 0. The summed E-state index contributed by atoms with van der Waals surface area (Å²) in [6.45, 7) is 0. The number of hydrogen-bond acceptors (Lipinski definition) is 5. The smallest absolute Gasteiger partial charge is 0.278 e. The number of hydrogen-bond donors (Lipinski definition) is 3. The van der Waals surface area contributed by atoms with E-state index in [2.05, 4.69) is 24.9 Å². The van der Waals surface area contributed by atoms with Gasteiger partial charge in [0.15, 0.2) is 11.2 Å². The topological polar surface area (TPSA) is 113 Å². The summed E-state index contributed by atoms with van der Waals surface area (Å²) in [7, 11) is 0. The van der Waals surface area contributed by atoms with Gasteiger partial charge >= 0.3 is 0 Å². The molecule has 3 heterocycles. The van der Waals surface area contributed by atoms with Gasteiger partial charge in [-0.05, 0) is 12.1 Å². The Hall–Kier alpha value is -2.70. The van der Waals surface area contributed by atoms with Gasteiger partial charge in [-0.1, -0.05) is 6.07 Å². The lowest BCUT2D eigenvalue weighted by molar-refractivity contribution is 1.17.